The predicted octanol–water partition coefficient (Wildman–Crippen LogP) is 12.0. The Balaban J connectivity index is 0.000000188. The normalized spacial score (nSPS) is 17.3. The van der Waals surface area contributed by atoms with E-state index in [1.165, 1.54) is 6.07 Å². The van der Waals surface area contributed by atoms with Gasteiger partial charge in [-0.15, -0.1) is 53.6 Å². The molecule has 0 atom stereocenters. The quantitative estimate of drug-likeness (QED) is 0.123. The second-order valence-electron chi connectivity index (χ2n) is 14.1. The Labute approximate surface area is 346 Å². The first-order chi connectivity index (χ1) is 29.3. The number of furan rings is 1. The molecule has 0 N–H and O–H groups in total. The van der Waals surface area contributed by atoms with Crippen LogP contribution in [0.4, 0.5) is 0 Å². The fourth-order valence-electron chi connectivity index (χ4n) is 6.65. The molecular weight excluding hydrogens is 853 g/mol. The van der Waals surface area contributed by atoms with Crippen LogP contribution in [0, 0.1) is 19.0 Å². The molecule has 0 saturated heterocycles. The fraction of sp³-hybridized carbons (Fsp3) is 0.184. The van der Waals surface area contributed by atoms with Crippen molar-refractivity contribution in [2.24, 2.45) is 0 Å². The van der Waals surface area contributed by atoms with E-state index in [0.29, 0.717) is 50.4 Å². The summed E-state index contributed by atoms with van der Waals surface area (Å²) in [7, 11) is -1.87. The first kappa shape index (κ1) is 27.6. The zero-order valence-corrected chi connectivity index (χ0v) is 33.6. The van der Waals surface area contributed by atoms with Gasteiger partial charge in [0.1, 0.15) is 5.58 Å². The molecule has 0 fully saturated rings. The van der Waals surface area contributed by atoms with E-state index in [1.54, 1.807) is 54.9 Å². The van der Waals surface area contributed by atoms with Gasteiger partial charge in [0, 0.05) is 50.2 Å². The minimum atomic E-state index is -2.18. The zero-order chi connectivity index (χ0) is 44.2. The van der Waals surface area contributed by atoms with E-state index >= 15 is 0 Å². The molecule has 271 valence electrons. The molecule has 3 aromatic heterocycles. The maximum Gasteiger partial charge on any atom is 0.121 e. The van der Waals surface area contributed by atoms with Gasteiger partial charge in [0.15, 0.2) is 0 Å². The van der Waals surface area contributed by atoms with E-state index in [-0.39, 0.29) is 38.5 Å². The topological polar surface area (TPSA) is 38.9 Å². The van der Waals surface area contributed by atoms with Gasteiger partial charge in [-0.05, 0) is 77.4 Å². The maximum absolute atomic E-state index is 8.88. The minimum Gasteiger partial charge on any atom is -0.501 e. The predicted molar refractivity (Wildman–Crippen MR) is 223 cm³/mol. The molecule has 5 aromatic carbocycles. The van der Waals surface area contributed by atoms with Crippen LogP contribution in [0.1, 0.15) is 53.0 Å². The zero-order valence-electron chi connectivity index (χ0n) is 39.3. The van der Waals surface area contributed by atoms with Crippen molar-refractivity contribution in [1.29, 1.82) is 0 Å². The summed E-state index contributed by atoms with van der Waals surface area (Å²) in [5.41, 5.74) is 7.73. The van der Waals surface area contributed by atoms with Gasteiger partial charge in [-0.25, -0.2) is 0 Å². The van der Waals surface area contributed by atoms with Gasteiger partial charge in [-0.2, -0.15) is 0 Å². The molecule has 54 heavy (non-hydrogen) atoms. The summed E-state index contributed by atoms with van der Waals surface area (Å²) in [6.07, 6.45) is -1.40. The van der Waals surface area contributed by atoms with Crippen LogP contribution in [0.2, 0.25) is 19.6 Å². The van der Waals surface area contributed by atoms with Crippen molar-refractivity contribution in [3.05, 3.63) is 174 Å². The summed E-state index contributed by atoms with van der Waals surface area (Å²) in [4.78, 5) is 9.08. The van der Waals surface area contributed by atoms with E-state index in [2.05, 4.69) is 59.9 Å². The van der Waals surface area contributed by atoms with Crippen LogP contribution in [0.3, 0.4) is 0 Å². The van der Waals surface area contributed by atoms with E-state index in [4.69, 9.17) is 16.8 Å². The van der Waals surface area contributed by atoms with Crippen LogP contribution >= 0.6 is 0 Å². The van der Waals surface area contributed by atoms with Crippen LogP contribution in [0.25, 0.3) is 55.6 Å². The molecule has 0 saturated carbocycles. The van der Waals surface area contributed by atoms with Gasteiger partial charge in [0.25, 0.3) is 0 Å². The third-order valence-corrected chi connectivity index (χ3v) is 11.3. The van der Waals surface area contributed by atoms with Crippen LogP contribution < -0.4 is 5.19 Å². The Hall–Kier alpha value is -4.93. The number of rotatable bonds is 6. The molecule has 0 amide bonds. The van der Waals surface area contributed by atoms with Crippen LogP contribution in [0.5, 0.6) is 0 Å². The van der Waals surface area contributed by atoms with Gasteiger partial charge in [0.05, 0.1) is 13.7 Å². The molecule has 1 aliphatic rings. The van der Waals surface area contributed by atoms with Gasteiger partial charge >= 0.3 is 0 Å². The van der Waals surface area contributed by atoms with Crippen molar-refractivity contribution >= 4 is 35.2 Å². The van der Waals surface area contributed by atoms with E-state index < -0.39 is 34.0 Å². The maximum atomic E-state index is 8.88. The van der Waals surface area contributed by atoms with Crippen molar-refractivity contribution in [2.75, 3.05) is 0 Å². The molecule has 0 unspecified atom stereocenters. The van der Waals surface area contributed by atoms with Crippen molar-refractivity contribution < 1.29 is 36.9 Å². The molecule has 0 spiro atoms. The van der Waals surface area contributed by atoms with Crippen LogP contribution in [-0.4, -0.2) is 18.0 Å². The van der Waals surface area contributed by atoms with E-state index in [9.17, 15) is 0 Å². The largest absolute Gasteiger partial charge is 0.501 e. The fourth-order valence-corrected chi connectivity index (χ4v) is 8.05. The van der Waals surface area contributed by atoms with Gasteiger partial charge in [-0.1, -0.05) is 133 Å². The molecular formula is C49H44IrN2OSi-2. The summed E-state index contributed by atoms with van der Waals surface area (Å²) in [6.45, 7) is 4.34. The average molecular weight is 906 g/mol. The molecule has 0 aliphatic heterocycles. The SMILES string of the molecule is [2H]C([2H])([2H])c1c[c-]c(-c2cc(C([2H])([2H])c3ccccc3)c([Si](C)(C)C)cn2)cc1.[2H]C1([2H])CCC([2H])([2H])c2c1ccnc2-c1[c-]ccc2c1oc1cc(-c3ccccc3)ccc12.[Ir]. The number of fused-ring (bicyclic) bond motifs is 4. The minimum absolute atomic E-state index is 0. The Bertz CT molecular complexity index is 2910. The van der Waals surface area contributed by atoms with Crippen LogP contribution in [0.15, 0.2) is 138 Å². The summed E-state index contributed by atoms with van der Waals surface area (Å²) in [6, 6.07) is 43.4. The van der Waals surface area contributed by atoms with Crippen molar-refractivity contribution in [3.63, 3.8) is 0 Å². The van der Waals surface area contributed by atoms with Crippen LogP contribution in [-0.2, 0) is 39.2 Å². The summed E-state index contributed by atoms with van der Waals surface area (Å²) in [5, 5.41) is 2.83. The van der Waals surface area contributed by atoms with Gasteiger partial charge in [-0.3, -0.25) is 0 Å². The molecule has 0 bridgehead atoms. The second-order valence-corrected chi connectivity index (χ2v) is 19.1. The first-order valence-corrected chi connectivity index (χ1v) is 21.3. The number of aromatic nitrogens is 2. The molecule has 9 rings (SSSR count). The summed E-state index contributed by atoms with van der Waals surface area (Å²) >= 11 is 0. The molecule has 8 aromatic rings. The third kappa shape index (κ3) is 7.95. The molecule has 1 aliphatic carbocycles. The van der Waals surface area contributed by atoms with Crippen molar-refractivity contribution in [3.8, 4) is 33.6 Å². The number of aryl methyl sites for hydroxylation is 2. The monoisotopic (exact) mass is 906 g/mol. The Morgan fingerprint density at radius 1 is 0.815 bits per heavy atom. The number of benzene rings is 5. The Morgan fingerprint density at radius 2 is 1.61 bits per heavy atom. The molecule has 3 heterocycles. The number of nitrogens with zero attached hydrogens (tertiary/aromatic N) is 2. The summed E-state index contributed by atoms with van der Waals surface area (Å²) in [5.74, 6) is 0. The Kier molecular flexibility index (Phi) is 8.29. The van der Waals surface area contributed by atoms with E-state index in [1.807, 2.05) is 54.6 Å². The standard InChI is InChI=1S/C27H20NO.C22H24NSi.Ir/c1-2-7-18(8-3-1)20-13-14-22-23-11-6-12-24(27(23)29-25(22)17-20)26-21-10-5-4-9-19(21)15-16-28-26;1-17-10-12-19(13-11-17)21-15-20(14-18-8-6-5-7-9-18)22(16-23-21)24(2,3)4;/h1-3,6-8,11,13-17H,4-5,9-10H2;5-12,15-16H,14H2,1-4H3;/q2*-1;/i9D2,10D2;1D3,14D2;. The number of hydrogen-bond acceptors (Lipinski definition) is 3. The Morgan fingerprint density at radius 3 is 2.37 bits per heavy atom. The third-order valence-electron chi connectivity index (χ3n) is 9.32. The second kappa shape index (κ2) is 16.2. The van der Waals surface area contributed by atoms with Gasteiger partial charge < -0.3 is 14.4 Å². The van der Waals surface area contributed by atoms with Gasteiger partial charge in [0.2, 0.25) is 0 Å². The molecule has 3 nitrogen and oxygen atoms in total. The first-order valence-electron chi connectivity index (χ1n) is 22.3. The average Bonchev–Trinajstić information content (AvgIpc) is 3.63. The smallest absolute Gasteiger partial charge is 0.121 e. The van der Waals surface area contributed by atoms with Crippen molar-refractivity contribution in [1.82, 2.24) is 9.97 Å². The van der Waals surface area contributed by atoms with Crippen molar-refractivity contribution in [2.45, 2.75) is 58.5 Å². The molecule has 1 radical (unpaired) electrons. The molecule has 5 heteroatoms. The van der Waals surface area contributed by atoms with E-state index in [0.717, 1.165) is 32.7 Å². The number of pyridine rings is 2. The number of hydrogen-bond donors (Lipinski definition) is 0. The summed E-state index contributed by atoms with van der Waals surface area (Å²) < 4.78 is 80.7.